The number of pyridine rings is 1. The molecule has 0 unspecified atom stereocenters. The average Bonchev–Trinajstić information content (AvgIpc) is 2.55. The van der Waals surface area contributed by atoms with Crippen LogP contribution >= 0.6 is 12.2 Å². The van der Waals surface area contributed by atoms with E-state index in [2.05, 4.69) is 10.3 Å². The van der Waals surface area contributed by atoms with E-state index in [0.29, 0.717) is 18.7 Å². The van der Waals surface area contributed by atoms with Crippen LogP contribution in [0, 0.1) is 0 Å². The first-order chi connectivity index (χ1) is 12.3. The van der Waals surface area contributed by atoms with E-state index in [-0.39, 0.29) is 6.04 Å². The number of alkyl carbamates (subject to hydrolysis) is 1. The average molecular weight is 370 g/mol. The first-order valence-corrected chi connectivity index (χ1v) is 8.94. The number of hydrogen-bond acceptors (Lipinski definition) is 5. The van der Waals surface area contributed by atoms with E-state index < -0.39 is 11.7 Å². The molecule has 6 heteroatoms. The minimum absolute atomic E-state index is 0.237. The second-order valence-electron chi connectivity index (χ2n) is 7.25. The maximum atomic E-state index is 12.1. The Kier molecular flexibility index (Phi) is 5.23. The van der Waals surface area contributed by atoms with E-state index in [1.54, 1.807) is 6.20 Å². The van der Waals surface area contributed by atoms with Crippen molar-refractivity contribution in [1.82, 2.24) is 10.3 Å². The van der Waals surface area contributed by atoms with Gasteiger partial charge in [0.05, 0.1) is 6.04 Å². The van der Waals surface area contributed by atoms with Gasteiger partial charge in [-0.3, -0.25) is 0 Å². The fraction of sp³-hybridized carbons (Fsp3) is 0.350. The summed E-state index contributed by atoms with van der Waals surface area (Å²) in [5.74, 6) is 1.26. The lowest BCUT2D eigenvalue weighted by Gasteiger charge is -2.28. The van der Waals surface area contributed by atoms with Gasteiger partial charge in [0.1, 0.15) is 11.4 Å². The molecular weight excluding hydrogens is 348 g/mol. The molecule has 5 nitrogen and oxygen atoms in total. The Morgan fingerprint density at radius 3 is 2.65 bits per heavy atom. The highest BCUT2D eigenvalue weighted by Crippen LogP contribution is 2.26. The Hall–Kier alpha value is -2.47. The standard InChI is InChI=1S/C20H22N2O3S/c1-20(2,3)25-19(23)22-16-9-13-11-18(21-12-14(13)10-17(16)26)24-15-7-5-4-6-8-15/h4-8,11-12,16H,9-10H2,1-3H3,(H,22,23)/t16-/m0/s1. The van der Waals surface area contributed by atoms with Crippen molar-refractivity contribution < 1.29 is 14.3 Å². The van der Waals surface area contributed by atoms with Gasteiger partial charge in [0.15, 0.2) is 0 Å². The van der Waals surface area contributed by atoms with Crippen molar-refractivity contribution in [2.45, 2.75) is 45.3 Å². The molecule has 1 N–H and O–H groups in total. The van der Waals surface area contributed by atoms with Crippen LogP contribution in [0.25, 0.3) is 0 Å². The number of ether oxygens (including phenoxy) is 2. The van der Waals surface area contributed by atoms with Gasteiger partial charge < -0.3 is 14.8 Å². The number of carbonyl (C=O) groups excluding carboxylic acids is 1. The summed E-state index contributed by atoms with van der Waals surface area (Å²) in [6.45, 7) is 5.50. The summed E-state index contributed by atoms with van der Waals surface area (Å²) in [6.07, 6.45) is 2.54. The molecule has 0 fully saturated rings. The van der Waals surface area contributed by atoms with Crippen molar-refractivity contribution in [3.05, 3.63) is 53.7 Å². The van der Waals surface area contributed by atoms with Gasteiger partial charge >= 0.3 is 6.09 Å². The lowest BCUT2D eigenvalue weighted by Crippen LogP contribution is -2.46. The first kappa shape index (κ1) is 18.3. The number of para-hydroxylation sites is 1. The van der Waals surface area contributed by atoms with Crippen molar-refractivity contribution in [3.8, 4) is 11.6 Å². The monoisotopic (exact) mass is 370 g/mol. The maximum Gasteiger partial charge on any atom is 0.408 e. The number of nitrogens with one attached hydrogen (secondary N) is 1. The molecule has 3 rings (SSSR count). The SMILES string of the molecule is CC(C)(C)OC(=O)N[C@H]1Cc2cc(Oc3ccccc3)ncc2CC1=S. The van der Waals surface area contributed by atoms with E-state index >= 15 is 0 Å². The summed E-state index contributed by atoms with van der Waals surface area (Å²) in [6, 6.07) is 11.2. The molecular formula is C20H22N2O3S. The quantitative estimate of drug-likeness (QED) is 0.819. The highest BCUT2D eigenvalue weighted by atomic mass is 32.1. The molecule has 26 heavy (non-hydrogen) atoms. The molecule has 1 aliphatic rings. The van der Waals surface area contributed by atoms with Gasteiger partial charge in [0.2, 0.25) is 5.88 Å². The smallest absolute Gasteiger partial charge is 0.408 e. The van der Waals surface area contributed by atoms with Crippen LogP contribution in [0.15, 0.2) is 42.6 Å². The largest absolute Gasteiger partial charge is 0.444 e. The summed E-state index contributed by atoms with van der Waals surface area (Å²) in [5, 5.41) is 2.87. The Balaban J connectivity index is 1.72. The maximum absolute atomic E-state index is 12.1. The fourth-order valence-electron chi connectivity index (χ4n) is 2.74. The number of carbonyl (C=O) groups is 1. The highest BCUT2D eigenvalue weighted by Gasteiger charge is 2.27. The van der Waals surface area contributed by atoms with Crippen LogP contribution in [0.5, 0.6) is 11.6 Å². The van der Waals surface area contributed by atoms with Gasteiger partial charge in [0, 0.05) is 23.5 Å². The number of benzene rings is 1. The van der Waals surface area contributed by atoms with Crippen molar-refractivity contribution in [3.63, 3.8) is 0 Å². The molecule has 0 radical (unpaired) electrons. The Morgan fingerprint density at radius 1 is 1.23 bits per heavy atom. The molecule has 1 aromatic carbocycles. The number of hydrogen-bond donors (Lipinski definition) is 1. The van der Waals surface area contributed by atoms with Gasteiger partial charge in [0.25, 0.3) is 0 Å². The number of nitrogens with zero attached hydrogens (tertiary/aromatic N) is 1. The van der Waals surface area contributed by atoms with Crippen LogP contribution in [0.3, 0.4) is 0 Å². The summed E-state index contributed by atoms with van der Waals surface area (Å²) < 4.78 is 11.1. The van der Waals surface area contributed by atoms with Crippen LogP contribution in [-0.4, -0.2) is 27.6 Å². The summed E-state index contributed by atoms with van der Waals surface area (Å²) in [4.78, 5) is 17.2. The third-order valence-corrected chi connectivity index (χ3v) is 4.32. The van der Waals surface area contributed by atoms with Crippen LogP contribution in [0.1, 0.15) is 31.9 Å². The number of thiocarbonyl (C=S) groups is 1. The van der Waals surface area contributed by atoms with E-state index in [1.807, 2.05) is 57.2 Å². The third-order valence-electron chi connectivity index (χ3n) is 3.89. The van der Waals surface area contributed by atoms with E-state index in [1.165, 1.54) is 0 Å². The highest BCUT2D eigenvalue weighted by molar-refractivity contribution is 7.80. The zero-order valence-corrected chi connectivity index (χ0v) is 15.9. The fourth-order valence-corrected chi connectivity index (χ4v) is 3.04. The van der Waals surface area contributed by atoms with Crippen LogP contribution in [0.2, 0.25) is 0 Å². The molecule has 136 valence electrons. The third kappa shape index (κ3) is 4.79. The Labute approximate surface area is 158 Å². The second kappa shape index (κ2) is 7.41. The predicted octanol–water partition coefficient (Wildman–Crippen LogP) is 4.24. The normalized spacial score (nSPS) is 16.6. The van der Waals surface area contributed by atoms with E-state index in [4.69, 9.17) is 21.7 Å². The van der Waals surface area contributed by atoms with Crippen molar-refractivity contribution >= 4 is 23.2 Å². The van der Waals surface area contributed by atoms with E-state index in [0.717, 1.165) is 21.7 Å². The summed E-state index contributed by atoms with van der Waals surface area (Å²) in [7, 11) is 0. The summed E-state index contributed by atoms with van der Waals surface area (Å²) >= 11 is 5.47. The van der Waals surface area contributed by atoms with Crippen LogP contribution < -0.4 is 10.1 Å². The molecule has 0 spiro atoms. The molecule has 1 amide bonds. The first-order valence-electron chi connectivity index (χ1n) is 8.53. The lowest BCUT2D eigenvalue weighted by molar-refractivity contribution is 0.0518. The molecule has 1 aromatic heterocycles. The van der Waals surface area contributed by atoms with Gasteiger partial charge in [-0.2, -0.15) is 0 Å². The molecule has 0 bridgehead atoms. The zero-order chi connectivity index (χ0) is 18.7. The number of aromatic nitrogens is 1. The number of rotatable bonds is 3. The molecule has 1 atom stereocenters. The van der Waals surface area contributed by atoms with Crippen LogP contribution in [-0.2, 0) is 17.6 Å². The van der Waals surface area contributed by atoms with Gasteiger partial charge in [-0.25, -0.2) is 9.78 Å². The predicted molar refractivity (Wildman–Crippen MR) is 104 cm³/mol. The molecule has 0 saturated carbocycles. The Bertz CT molecular complexity index is 816. The van der Waals surface area contributed by atoms with Gasteiger partial charge in [-0.1, -0.05) is 30.4 Å². The van der Waals surface area contributed by atoms with E-state index in [9.17, 15) is 4.79 Å². The molecule has 2 aromatic rings. The minimum Gasteiger partial charge on any atom is -0.444 e. The van der Waals surface area contributed by atoms with Crippen molar-refractivity contribution in [2.24, 2.45) is 0 Å². The van der Waals surface area contributed by atoms with Gasteiger partial charge in [-0.15, -0.1) is 0 Å². The van der Waals surface area contributed by atoms with Crippen molar-refractivity contribution in [2.75, 3.05) is 0 Å². The van der Waals surface area contributed by atoms with Gasteiger partial charge in [-0.05, 0) is 50.5 Å². The molecule has 1 heterocycles. The molecule has 0 saturated heterocycles. The lowest BCUT2D eigenvalue weighted by atomic mass is 9.89. The Morgan fingerprint density at radius 2 is 1.96 bits per heavy atom. The summed E-state index contributed by atoms with van der Waals surface area (Å²) in [5.41, 5.74) is 1.59. The van der Waals surface area contributed by atoms with Crippen LogP contribution in [0.4, 0.5) is 4.79 Å². The van der Waals surface area contributed by atoms with Crippen molar-refractivity contribution in [1.29, 1.82) is 0 Å². The molecule has 1 aliphatic carbocycles. The number of amides is 1. The topological polar surface area (TPSA) is 60.5 Å². The second-order valence-corrected chi connectivity index (χ2v) is 7.78. The number of fused-ring (bicyclic) bond motifs is 1. The zero-order valence-electron chi connectivity index (χ0n) is 15.1. The molecule has 0 aliphatic heterocycles. The minimum atomic E-state index is -0.543.